The summed E-state index contributed by atoms with van der Waals surface area (Å²) in [5, 5.41) is 19.7. The molecule has 2 heteroatoms. The molecule has 2 N–H and O–H groups in total. The van der Waals surface area contributed by atoms with Crippen molar-refractivity contribution in [2.45, 2.75) is 45.4 Å². The quantitative estimate of drug-likeness (QED) is 0.715. The molecule has 0 bridgehead atoms. The average Bonchev–Trinajstić information content (AvgIpc) is 2.63. The van der Waals surface area contributed by atoms with Crippen molar-refractivity contribution in [2.24, 2.45) is 0 Å². The molecule has 0 aliphatic heterocycles. The molecule has 2 nitrogen and oxygen atoms in total. The SMILES string of the molecule is CCC(C)(C)c1cc(C2=CCC(c3ccc(O)cc3)=CC2)ccc1O. The van der Waals surface area contributed by atoms with Gasteiger partial charge < -0.3 is 10.2 Å². The van der Waals surface area contributed by atoms with Gasteiger partial charge in [0.2, 0.25) is 0 Å². The van der Waals surface area contributed by atoms with E-state index in [0.717, 1.165) is 30.4 Å². The van der Waals surface area contributed by atoms with Crippen LogP contribution < -0.4 is 0 Å². The normalized spacial score (nSPS) is 14.8. The Morgan fingerprint density at radius 3 is 1.96 bits per heavy atom. The number of phenols is 2. The van der Waals surface area contributed by atoms with Crippen molar-refractivity contribution in [1.82, 2.24) is 0 Å². The molecule has 0 radical (unpaired) electrons. The lowest BCUT2D eigenvalue weighted by Gasteiger charge is -2.25. The zero-order valence-electron chi connectivity index (χ0n) is 15.2. The number of phenolic OH excluding ortho intramolecular Hbond substituents is 2. The second-order valence-electron chi connectivity index (χ2n) is 7.38. The second kappa shape index (κ2) is 6.79. The fourth-order valence-electron chi connectivity index (χ4n) is 3.25. The predicted molar refractivity (Wildman–Crippen MR) is 105 cm³/mol. The third-order valence-corrected chi connectivity index (χ3v) is 5.36. The van der Waals surface area contributed by atoms with Crippen LogP contribution in [-0.4, -0.2) is 10.2 Å². The van der Waals surface area contributed by atoms with Gasteiger partial charge in [-0.15, -0.1) is 0 Å². The fraction of sp³-hybridized carbons (Fsp3) is 0.304. The van der Waals surface area contributed by atoms with Gasteiger partial charge in [0.05, 0.1) is 0 Å². The van der Waals surface area contributed by atoms with E-state index < -0.39 is 0 Å². The number of hydrogen-bond donors (Lipinski definition) is 2. The van der Waals surface area contributed by atoms with Crippen LogP contribution in [0.15, 0.2) is 54.6 Å². The number of aromatic hydroxyl groups is 2. The maximum absolute atomic E-state index is 10.3. The van der Waals surface area contributed by atoms with Crippen LogP contribution in [0.2, 0.25) is 0 Å². The first kappa shape index (κ1) is 17.3. The molecule has 0 saturated heterocycles. The van der Waals surface area contributed by atoms with Gasteiger partial charge in [-0.05, 0) is 71.2 Å². The molecule has 130 valence electrons. The summed E-state index contributed by atoms with van der Waals surface area (Å²) in [6.45, 7) is 6.49. The van der Waals surface area contributed by atoms with Gasteiger partial charge >= 0.3 is 0 Å². The molecular formula is C23H26O2. The molecule has 1 aliphatic rings. The van der Waals surface area contributed by atoms with Gasteiger partial charge in [-0.1, -0.05) is 51.1 Å². The first-order chi connectivity index (χ1) is 11.9. The van der Waals surface area contributed by atoms with Crippen LogP contribution >= 0.6 is 0 Å². The Kier molecular flexibility index (Phi) is 4.71. The summed E-state index contributed by atoms with van der Waals surface area (Å²) in [4.78, 5) is 0. The van der Waals surface area contributed by atoms with E-state index in [1.807, 2.05) is 24.3 Å². The molecule has 2 aromatic rings. The minimum absolute atomic E-state index is 0.0393. The van der Waals surface area contributed by atoms with Crippen molar-refractivity contribution in [3.8, 4) is 11.5 Å². The summed E-state index contributed by atoms with van der Waals surface area (Å²) in [5.41, 5.74) is 5.92. The Morgan fingerprint density at radius 2 is 1.40 bits per heavy atom. The number of allylic oxidation sites excluding steroid dienone is 4. The monoisotopic (exact) mass is 334 g/mol. The molecule has 1 aliphatic carbocycles. The molecule has 0 fully saturated rings. The maximum atomic E-state index is 10.3. The number of rotatable bonds is 4. The highest BCUT2D eigenvalue weighted by Gasteiger charge is 2.22. The topological polar surface area (TPSA) is 40.5 Å². The van der Waals surface area contributed by atoms with Crippen molar-refractivity contribution in [3.05, 3.63) is 71.3 Å². The average molecular weight is 334 g/mol. The zero-order chi connectivity index (χ0) is 18.0. The van der Waals surface area contributed by atoms with Crippen molar-refractivity contribution in [2.75, 3.05) is 0 Å². The molecule has 0 aromatic heterocycles. The minimum Gasteiger partial charge on any atom is -0.508 e. The fourth-order valence-corrected chi connectivity index (χ4v) is 3.25. The van der Waals surface area contributed by atoms with Gasteiger partial charge in [-0.25, -0.2) is 0 Å². The van der Waals surface area contributed by atoms with Crippen molar-refractivity contribution in [3.63, 3.8) is 0 Å². The summed E-state index contributed by atoms with van der Waals surface area (Å²) in [7, 11) is 0. The highest BCUT2D eigenvalue weighted by atomic mass is 16.3. The number of hydrogen-bond acceptors (Lipinski definition) is 2. The summed E-state index contributed by atoms with van der Waals surface area (Å²) in [6.07, 6.45) is 7.28. The second-order valence-corrected chi connectivity index (χ2v) is 7.38. The molecule has 3 rings (SSSR count). The van der Waals surface area contributed by atoms with Crippen LogP contribution in [0.25, 0.3) is 11.1 Å². The van der Waals surface area contributed by atoms with Gasteiger partial charge in [0.15, 0.2) is 0 Å². The highest BCUT2D eigenvalue weighted by molar-refractivity contribution is 5.78. The smallest absolute Gasteiger partial charge is 0.119 e. The van der Waals surface area contributed by atoms with Gasteiger partial charge in [0, 0.05) is 5.56 Å². The third-order valence-electron chi connectivity index (χ3n) is 5.36. The summed E-state index contributed by atoms with van der Waals surface area (Å²) >= 11 is 0. The molecule has 0 amide bonds. The summed E-state index contributed by atoms with van der Waals surface area (Å²) < 4.78 is 0. The van der Waals surface area contributed by atoms with E-state index in [-0.39, 0.29) is 5.41 Å². The lowest BCUT2D eigenvalue weighted by Crippen LogP contribution is -2.16. The molecular weight excluding hydrogens is 308 g/mol. The predicted octanol–water partition coefficient (Wildman–Crippen LogP) is 6.05. The molecule has 2 aromatic carbocycles. The van der Waals surface area contributed by atoms with E-state index >= 15 is 0 Å². The first-order valence-electron chi connectivity index (χ1n) is 8.92. The standard InChI is InChI=1S/C23H26O2/c1-4-23(2,3)21-15-19(11-14-22(21)25)18-7-5-16(6-8-18)17-9-12-20(24)13-10-17/h5,8-15,24-25H,4,6-7H2,1-3H3. The largest absolute Gasteiger partial charge is 0.508 e. The molecule has 0 spiro atoms. The van der Waals surface area contributed by atoms with Crippen molar-refractivity contribution < 1.29 is 10.2 Å². The van der Waals surface area contributed by atoms with Gasteiger partial charge in [-0.2, -0.15) is 0 Å². The first-order valence-corrected chi connectivity index (χ1v) is 8.92. The van der Waals surface area contributed by atoms with Crippen LogP contribution in [0.4, 0.5) is 0 Å². The highest BCUT2D eigenvalue weighted by Crippen LogP contribution is 2.37. The van der Waals surface area contributed by atoms with E-state index in [0.29, 0.717) is 11.5 Å². The minimum atomic E-state index is -0.0393. The summed E-state index contributed by atoms with van der Waals surface area (Å²) in [5.74, 6) is 0.680. The lowest BCUT2D eigenvalue weighted by atomic mass is 9.80. The molecule has 25 heavy (non-hydrogen) atoms. The van der Waals surface area contributed by atoms with Crippen LogP contribution in [0, 0.1) is 0 Å². The van der Waals surface area contributed by atoms with Gasteiger partial charge in [0.25, 0.3) is 0 Å². The Labute approximate surface area is 150 Å². The van der Waals surface area contributed by atoms with E-state index in [1.54, 1.807) is 12.1 Å². The van der Waals surface area contributed by atoms with Crippen LogP contribution in [0.5, 0.6) is 11.5 Å². The van der Waals surface area contributed by atoms with E-state index in [2.05, 4.69) is 39.0 Å². The molecule has 0 atom stereocenters. The van der Waals surface area contributed by atoms with E-state index in [9.17, 15) is 10.2 Å². The molecule has 0 saturated carbocycles. The summed E-state index contributed by atoms with van der Waals surface area (Å²) in [6, 6.07) is 13.4. The number of benzene rings is 2. The van der Waals surface area contributed by atoms with Crippen molar-refractivity contribution >= 4 is 11.1 Å². The molecule has 0 heterocycles. The van der Waals surface area contributed by atoms with E-state index in [4.69, 9.17) is 0 Å². The van der Waals surface area contributed by atoms with Crippen molar-refractivity contribution in [1.29, 1.82) is 0 Å². The Morgan fingerprint density at radius 1 is 0.840 bits per heavy atom. The van der Waals surface area contributed by atoms with Crippen LogP contribution in [-0.2, 0) is 5.41 Å². The Hall–Kier alpha value is -2.48. The van der Waals surface area contributed by atoms with Gasteiger partial charge in [0.1, 0.15) is 11.5 Å². The maximum Gasteiger partial charge on any atom is 0.119 e. The zero-order valence-corrected chi connectivity index (χ0v) is 15.2. The van der Waals surface area contributed by atoms with Crippen LogP contribution in [0.3, 0.4) is 0 Å². The van der Waals surface area contributed by atoms with Crippen LogP contribution in [0.1, 0.15) is 56.7 Å². The third kappa shape index (κ3) is 3.63. The lowest BCUT2D eigenvalue weighted by molar-refractivity contribution is 0.428. The van der Waals surface area contributed by atoms with E-state index in [1.165, 1.54) is 16.7 Å². The Bertz CT molecular complexity index is 824. The molecule has 0 unspecified atom stereocenters. The van der Waals surface area contributed by atoms with Gasteiger partial charge in [-0.3, -0.25) is 0 Å². The Balaban J connectivity index is 1.83.